The first kappa shape index (κ1) is 17.2. The third-order valence-electron chi connectivity index (χ3n) is 3.35. The van der Waals surface area contributed by atoms with Crippen LogP contribution in [0.25, 0.3) is 0 Å². The van der Waals surface area contributed by atoms with Crippen LogP contribution in [-0.2, 0) is 6.54 Å². The number of rotatable bonds is 5. The topological polar surface area (TPSA) is 65.4 Å². The molecular weight excluding hydrogens is 361 g/mol. The monoisotopic (exact) mass is 374 g/mol. The Kier molecular flexibility index (Phi) is 5.48. The molecule has 0 radical (unpaired) electrons. The number of ether oxygens (including phenoxy) is 1. The molecule has 0 spiro atoms. The molecule has 1 amide bonds. The second-order valence-corrected chi connectivity index (χ2v) is 5.99. The third kappa shape index (κ3) is 4.68. The summed E-state index contributed by atoms with van der Waals surface area (Å²) in [6.45, 7) is 0.299. The molecule has 0 aliphatic heterocycles. The first-order valence-corrected chi connectivity index (χ1v) is 8.19. The lowest BCUT2D eigenvalue weighted by molar-refractivity contribution is -0.378. The van der Waals surface area contributed by atoms with E-state index in [0.717, 1.165) is 5.56 Å². The van der Waals surface area contributed by atoms with Crippen LogP contribution >= 0.6 is 23.2 Å². The second kappa shape index (κ2) is 7.96. The van der Waals surface area contributed by atoms with Gasteiger partial charge in [0.05, 0.1) is 5.56 Å². The Morgan fingerprint density at radius 1 is 1.20 bits per heavy atom. The Hall–Kier alpha value is -2.63. The van der Waals surface area contributed by atoms with Gasteiger partial charge in [-0.1, -0.05) is 29.3 Å². The summed E-state index contributed by atoms with van der Waals surface area (Å²) in [6, 6.07) is 12.0. The molecule has 0 bridgehead atoms. The van der Waals surface area contributed by atoms with Gasteiger partial charge >= 0.3 is 0 Å². The Morgan fingerprint density at radius 2 is 2.08 bits per heavy atom. The van der Waals surface area contributed by atoms with Crippen LogP contribution in [-0.4, -0.2) is 10.9 Å². The number of hydrogen-bond acceptors (Lipinski definition) is 3. The summed E-state index contributed by atoms with van der Waals surface area (Å²) in [7, 11) is 0. The van der Waals surface area contributed by atoms with Gasteiger partial charge in [-0.2, -0.15) is 0 Å². The number of hydrogen-bond donors (Lipinski definition) is 1. The molecule has 0 saturated carbocycles. The van der Waals surface area contributed by atoms with E-state index in [1.807, 2.05) is 6.07 Å². The maximum atomic E-state index is 12.2. The second-order valence-electron chi connectivity index (χ2n) is 5.14. The lowest BCUT2D eigenvalue weighted by Crippen LogP contribution is -2.23. The predicted octanol–water partition coefficient (Wildman–Crippen LogP) is 3.92. The van der Waals surface area contributed by atoms with Crippen molar-refractivity contribution in [3.05, 3.63) is 82.2 Å². The fourth-order valence-corrected chi connectivity index (χ4v) is 2.55. The molecule has 25 heavy (non-hydrogen) atoms. The highest BCUT2D eigenvalue weighted by atomic mass is 35.5. The predicted molar refractivity (Wildman–Crippen MR) is 94.9 cm³/mol. The smallest absolute Gasteiger partial charge is 0.253 e. The molecule has 126 valence electrons. The highest BCUT2D eigenvalue weighted by Gasteiger charge is 2.09. The lowest BCUT2D eigenvalue weighted by Gasteiger charge is -2.08. The van der Waals surface area contributed by atoms with Gasteiger partial charge in [0.2, 0.25) is 12.1 Å². The number of nitrogens with one attached hydrogen (secondary N) is 2. The molecule has 2 N–H and O–H groups in total. The largest absolute Gasteiger partial charge is 0.433 e. The van der Waals surface area contributed by atoms with E-state index >= 15 is 0 Å². The van der Waals surface area contributed by atoms with Gasteiger partial charge in [-0.05, 0) is 29.8 Å². The molecule has 2 heterocycles. The van der Waals surface area contributed by atoms with E-state index in [2.05, 4.69) is 15.3 Å². The van der Waals surface area contributed by atoms with Gasteiger partial charge in [0.15, 0.2) is 11.9 Å². The first-order valence-electron chi connectivity index (χ1n) is 7.44. The minimum atomic E-state index is -0.252. The molecule has 0 fully saturated rings. The minimum absolute atomic E-state index is 0.252. The molecule has 0 atom stereocenters. The number of H-pyrrole nitrogens is 1. The standard InChI is InChI=1S/C18H13Cl2N3O2/c19-14-5-3-12(16(20)8-14)9-23-18(24)13-4-6-17(22-10-13)25-15-2-1-7-21-11-15/h1-8,10-11H,9H2,(H,23,24)/p+1. The molecule has 1 aromatic carbocycles. The van der Waals surface area contributed by atoms with Crippen molar-refractivity contribution in [2.75, 3.05) is 0 Å². The molecule has 3 aromatic rings. The van der Waals surface area contributed by atoms with Crippen LogP contribution in [0.3, 0.4) is 0 Å². The highest BCUT2D eigenvalue weighted by molar-refractivity contribution is 6.35. The van der Waals surface area contributed by atoms with Crippen molar-refractivity contribution in [2.24, 2.45) is 0 Å². The number of carbonyl (C=O) groups is 1. The normalized spacial score (nSPS) is 10.3. The summed E-state index contributed by atoms with van der Waals surface area (Å²) < 4.78 is 5.57. The fourth-order valence-electron chi connectivity index (χ4n) is 2.08. The zero-order valence-corrected chi connectivity index (χ0v) is 14.5. The van der Waals surface area contributed by atoms with Crippen LogP contribution in [0, 0.1) is 0 Å². The van der Waals surface area contributed by atoms with Crippen LogP contribution in [0.2, 0.25) is 10.0 Å². The van der Waals surface area contributed by atoms with Crippen molar-refractivity contribution in [3.63, 3.8) is 0 Å². The molecule has 3 rings (SSSR count). The van der Waals surface area contributed by atoms with Crippen LogP contribution in [0.15, 0.2) is 61.1 Å². The zero-order chi connectivity index (χ0) is 17.6. The molecule has 5 nitrogen and oxygen atoms in total. The quantitative estimate of drug-likeness (QED) is 0.735. The summed E-state index contributed by atoms with van der Waals surface area (Å²) in [4.78, 5) is 19.3. The molecule has 0 unspecified atom stereocenters. The molecule has 2 aromatic heterocycles. The van der Waals surface area contributed by atoms with Crippen molar-refractivity contribution >= 4 is 29.1 Å². The van der Waals surface area contributed by atoms with Crippen molar-refractivity contribution in [1.29, 1.82) is 0 Å². The van der Waals surface area contributed by atoms with Crippen molar-refractivity contribution in [2.45, 2.75) is 6.54 Å². The third-order valence-corrected chi connectivity index (χ3v) is 3.94. The van der Waals surface area contributed by atoms with Gasteiger partial charge < -0.3 is 10.1 Å². The summed E-state index contributed by atoms with van der Waals surface area (Å²) in [5.41, 5.74) is 1.21. The zero-order valence-electron chi connectivity index (χ0n) is 13.0. The van der Waals surface area contributed by atoms with E-state index in [-0.39, 0.29) is 5.91 Å². The van der Waals surface area contributed by atoms with Crippen molar-refractivity contribution in [3.8, 4) is 11.6 Å². The van der Waals surface area contributed by atoms with Crippen LogP contribution in [0.5, 0.6) is 11.6 Å². The SMILES string of the molecule is O=C(NCc1ccc(Cl)cc1Cl)c1ccc(Oc2ccc[nH+]c2)nc1. The van der Waals surface area contributed by atoms with E-state index in [9.17, 15) is 4.79 Å². The van der Waals surface area contributed by atoms with Crippen LogP contribution < -0.4 is 15.0 Å². The average molecular weight is 375 g/mol. The highest BCUT2D eigenvalue weighted by Crippen LogP contribution is 2.21. The number of nitrogens with zero attached hydrogens (tertiary/aromatic N) is 1. The number of amides is 1. The van der Waals surface area contributed by atoms with Crippen LogP contribution in [0.1, 0.15) is 15.9 Å². The van der Waals surface area contributed by atoms with E-state index < -0.39 is 0 Å². The number of aromatic nitrogens is 2. The number of pyridine rings is 2. The van der Waals surface area contributed by atoms with Crippen molar-refractivity contribution < 1.29 is 14.5 Å². The molecular formula is C18H14Cl2N3O2+. The number of carbonyl (C=O) groups excluding carboxylic acids is 1. The Morgan fingerprint density at radius 3 is 2.76 bits per heavy atom. The molecule has 7 heteroatoms. The number of benzene rings is 1. The lowest BCUT2D eigenvalue weighted by atomic mass is 10.2. The van der Waals surface area contributed by atoms with E-state index in [0.29, 0.717) is 33.8 Å². The molecule has 0 aliphatic carbocycles. The molecule has 0 aliphatic rings. The van der Waals surface area contributed by atoms with Crippen LogP contribution in [0.4, 0.5) is 0 Å². The Labute approximate surface area is 154 Å². The summed E-state index contributed by atoms with van der Waals surface area (Å²) >= 11 is 11.9. The van der Waals surface area contributed by atoms with Gasteiger partial charge in [-0.3, -0.25) is 4.79 Å². The van der Waals surface area contributed by atoms with E-state index in [1.165, 1.54) is 6.20 Å². The fraction of sp³-hybridized carbons (Fsp3) is 0.0556. The van der Waals surface area contributed by atoms with E-state index in [4.69, 9.17) is 27.9 Å². The number of halogens is 2. The maximum absolute atomic E-state index is 12.2. The Balaban J connectivity index is 1.60. The maximum Gasteiger partial charge on any atom is 0.253 e. The summed E-state index contributed by atoms with van der Waals surface area (Å²) in [5, 5.41) is 3.85. The minimum Gasteiger partial charge on any atom is -0.433 e. The summed E-state index contributed by atoms with van der Waals surface area (Å²) in [5.74, 6) is 0.777. The Bertz CT molecular complexity index is 871. The number of aromatic amines is 1. The first-order chi connectivity index (χ1) is 12.1. The van der Waals surface area contributed by atoms with E-state index in [1.54, 1.807) is 48.8 Å². The van der Waals surface area contributed by atoms with Gasteiger partial charge in [0.25, 0.3) is 5.91 Å². The summed E-state index contributed by atoms with van der Waals surface area (Å²) in [6.07, 6.45) is 4.94. The van der Waals surface area contributed by atoms with Gasteiger partial charge in [-0.25, -0.2) is 9.97 Å². The van der Waals surface area contributed by atoms with Gasteiger partial charge in [0.1, 0.15) is 0 Å². The molecule has 0 saturated heterocycles. The van der Waals surface area contributed by atoms with Gasteiger partial charge in [-0.15, -0.1) is 0 Å². The van der Waals surface area contributed by atoms with Crippen molar-refractivity contribution in [1.82, 2.24) is 10.3 Å². The van der Waals surface area contributed by atoms with Gasteiger partial charge in [0, 0.05) is 34.9 Å². The average Bonchev–Trinajstić information content (AvgIpc) is 2.62.